The number of pyridine rings is 1. The highest BCUT2D eigenvalue weighted by molar-refractivity contribution is 6.35. The van der Waals surface area contributed by atoms with Crippen LogP contribution in [-0.4, -0.2) is 15.9 Å². The Hall–Kier alpha value is -3.90. The van der Waals surface area contributed by atoms with Gasteiger partial charge in [0.2, 0.25) is 11.8 Å². The van der Waals surface area contributed by atoms with Crippen LogP contribution in [0.3, 0.4) is 0 Å². The molecule has 0 fully saturated rings. The summed E-state index contributed by atoms with van der Waals surface area (Å²) in [7, 11) is 0. The molecule has 0 radical (unpaired) electrons. The van der Waals surface area contributed by atoms with Gasteiger partial charge in [-0.2, -0.15) is 0 Å². The number of aromatic nitrogens is 2. The summed E-state index contributed by atoms with van der Waals surface area (Å²) in [6.45, 7) is 1.79. The molecule has 0 aliphatic rings. The van der Waals surface area contributed by atoms with Crippen molar-refractivity contribution >= 4 is 45.1 Å². The molecule has 0 atom stereocenters. The number of anilines is 1. The van der Waals surface area contributed by atoms with E-state index in [-0.39, 0.29) is 5.91 Å². The van der Waals surface area contributed by atoms with Crippen molar-refractivity contribution in [3.8, 4) is 23.0 Å². The Morgan fingerprint density at radius 1 is 1.03 bits per heavy atom. The molecule has 158 valence electrons. The second-order valence-electron chi connectivity index (χ2n) is 7.14. The predicted octanol–water partition coefficient (Wildman–Crippen LogP) is 6.84. The molecule has 0 spiro atoms. The molecule has 5 aromatic rings. The summed E-state index contributed by atoms with van der Waals surface area (Å²) in [6.07, 6.45) is 3.69. The average Bonchev–Trinajstić information content (AvgIpc) is 3.27. The van der Waals surface area contributed by atoms with Crippen molar-refractivity contribution in [3.63, 3.8) is 0 Å². The van der Waals surface area contributed by atoms with Crippen molar-refractivity contribution in [1.29, 1.82) is 0 Å². The van der Waals surface area contributed by atoms with Crippen molar-refractivity contribution in [3.05, 3.63) is 78.1 Å². The van der Waals surface area contributed by atoms with Crippen molar-refractivity contribution in [2.24, 2.45) is 0 Å². The van der Waals surface area contributed by atoms with Crippen LogP contribution in [0.2, 0.25) is 5.02 Å². The molecule has 0 aliphatic carbocycles. The van der Waals surface area contributed by atoms with Gasteiger partial charge in [-0.1, -0.05) is 42.8 Å². The third kappa shape index (κ3) is 3.65. The lowest BCUT2D eigenvalue weighted by Gasteiger charge is -2.14. The Morgan fingerprint density at radius 3 is 2.59 bits per heavy atom. The number of hydrogen-bond acceptors (Lipinski definition) is 5. The molecule has 2 aromatic heterocycles. The number of benzene rings is 3. The zero-order valence-corrected chi connectivity index (χ0v) is 17.9. The van der Waals surface area contributed by atoms with Crippen molar-refractivity contribution < 1.29 is 13.9 Å². The first-order valence-electron chi connectivity index (χ1n) is 10.1. The lowest BCUT2D eigenvalue weighted by Crippen LogP contribution is -2.10. The van der Waals surface area contributed by atoms with E-state index >= 15 is 0 Å². The van der Waals surface area contributed by atoms with Gasteiger partial charge in [-0.15, -0.1) is 0 Å². The third-order valence-electron chi connectivity index (χ3n) is 5.08. The van der Waals surface area contributed by atoms with Gasteiger partial charge in [0, 0.05) is 40.2 Å². The molecular formula is C25H18ClN3O3. The fraction of sp³-hybridized carbons (Fsp3) is 0.0800. The minimum Gasteiger partial charge on any atom is -0.452 e. The predicted molar refractivity (Wildman–Crippen MR) is 125 cm³/mol. The summed E-state index contributed by atoms with van der Waals surface area (Å²) >= 11 is 6.37. The summed E-state index contributed by atoms with van der Waals surface area (Å²) in [4.78, 5) is 20.9. The fourth-order valence-corrected chi connectivity index (χ4v) is 3.69. The molecule has 0 unspecified atom stereocenters. The van der Waals surface area contributed by atoms with Gasteiger partial charge < -0.3 is 14.5 Å². The molecule has 5 rings (SSSR count). The van der Waals surface area contributed by atoms with Gasteiger partial charge in [-0.05, 0) is 36.4 Å². The number of rotatable bonds is 5. The number of fused-ring (bicyclic) bond motifs is 2. The minimum atomic E-state index is -0.131. The van der Waals surface area contributed by atoms with Gasteiger partial charge in [0.1, 0.15) is 5.75 Å². The molecule has 1 amide bonds. The number of ether oxygens (including phenoxy) is 1. The van der Waals surface area contributed by atoms with Gasteiger partial charge in [-0.25, -0.2) is 4.98 Å². The van der Waals surface area contributed by atoms with E-state index in [1.54, 1.807) is 43.6 Å². The highest BCUT2D eigenvalue weighted by Gasteiger charge is 2.19. The van der Waals surface area contributed by atoms with Crippen LogP contribution < -0.4 is 10.1 Å². The molecule has 6 nitrogen and oxygen atoms in total. The van der Waals surface area contributed by atoms with Crippen LogP contribution in [0.15, 0.2) is 77.5 Å². The molecule has 0 saturated carbocycles. The van der Waals surface area contributed by atoms with Gasteiger partial charge >= 0.3 is 0 Å². The third-order valence-corrected chi connectivity index (χ3v) is 5.41. The van der Waals surface area contributed by atoms with Crippen molar-refractivity contribution in [2.75, 3.05) is 5.32 Å². The maximum absolute atomic E-state index is 12.2. The molecular weight excluding hydrogens is 426 g/mol. The summed E-state index contributed by atoms with van der Waals surface area (Å²) in [5, 5.41) is 5.25. The summed E-state index contributed by atoms with van der Waals surface area (Å²) in [6, 6.07) is 18.5. The number of nitrogens with one attached hydrogen (secondary N) is 1. The molecule has 7 heteroatoms. The molecule has 2 heterocycles. The molecule has 0 bridgehead atoms. The lowest BCUT2D eigenvalue weighted by atomic mass is 10.1. The van der Waals surface area contributed by atoms with E-state index in [2.05, 4.69) is 15.3 Å². The number of carbonyl (C=O) groups is 1. The highest BCUT2D eigenvalue weighted by atomic mass is 35.5. The van der Waals surface area contributed by atoms with E-state index in [4.69, 9.17) is 20.8 Å². The number of nitrogens with zero attached hydrogens (tertiary/aromatic N) is 2. The Bertz CT molecular complexity index is 1450. The summed E-state index contributed by atoms with van der Waals surface area (Å²) < 4.78 is 12.4. The Balaban J connectivity index is 1.69. The Labute approximate surface area is 188 Å². The van der Waals surface area contributed by atoms with Crippen LogP contribution in [0.25, 0.3) is 33.3 Å². The molecule has 0 aliphatic heterocycles. The number of oxazole rings is 1. The van der Waals surface area contributed by atoms with Gasteiger partial charge in [0.25, 0.3) is 0 Å². The maximum Gasteiger partial charge on any atom is 0.227 e. The second kappa shape index (κ2) is 8.32. The van der Waals surface area contributed by atoms with Gasteiger partial charge in [0.05, 0.1) is 5.69 Å². The van der Waals surface area contributed by atoms with Crippen LogP contribution in [0.1, 0.15) is 13.3 Å². The first kappa shape index (κ1) is 20.0. The van der Waals surface area contributed by atoms with E-state index in [1.165, 1.54) is 0 Å². The van der Waals surface area contributed by atoms with Gasteiger partial charge in [-0.3, -0.25) is 9.78 Å². The topological polar surface area (TPSA) is 77.3 Å². The number of hydrogen-bond donors (Lipinski definition) is 1. The zero-order chi connectivity index (χ0) is 22.1. The van der Waals surface area contributed by atoms with Crippen LogP contribution >= 0.6 is 11.6 Å². The fourth-order valence-electron chi connectivity index (χ4n) is 3.46. The van der Waals surface area contributed by atoms with Crippen molar-refractivity contribution in [2.45, 2.75) is 13.3 Å². The van der Waals surface area contributed by atoms with Gasteiger partial charge in [0.15, 0.2) is 16.8 Å². The van der Waals surface area contributed by atoms with E-state index in [0.717, 1.165) is 16.3 Å². The number of halogens is 1. The van der Waals surface area contributed by atoms with E-state index in [0.29, 0.717) is 45.6 Å². The molecule has 0 saturated heterocycles. The monoisotopic (exact) mass is 443 g/mol. The SMILES string of the molecule is CCC(=O)Nc1ccc2oc(-c3ccncc3)nc2c1Oc1ccc(Cl)c2ccccc12. The van der Waals surface area contributed by atoms with E-state index in [9.17, 15) is 4.79 Å². The molecule has 32 heavy (non-hydrogen) atoms. The molecule has 3 aromatic carbocycles. The summed E-state index contributed by atoms with van der Waals surface area (Å²) in [5.41, 5.74) is 2.35. The zero-order valence-electron chi connectivity index (χ0n) is 17.1. The quantitative estimate of drug-likeness (QED) is 0.322. The number of carbonyl (C=O) groups excluding carboxylic acids is 1. The lowest BCUT2D eigenvalue weighted by molar-refractivity contribution is -0.115. The van der Waals surface area contributed by atoms with Crippen LogP contribution in [0.5, 0.6) is 11.5 Å². The second-order valence-corrected chi connectivity index (χ2v) is 7.55. The van der Waals surface area contributed by atoms with Crippen LogP contribution in [-0.2, 0) is 4.79 Å². The first-order valence-corrected chi connectivity index (χ1v) is 10.5. The standard InChI is InChI=1S/C25H18ClN3O3/c1-2-22(30)28-19-8-10-21-23(29-25(32-21)15-11-13-27-14-12-15)24(19)31-20-9-7-18(26)16-5-3-4-6-17(16)20/h3-14H,2H2,1H3,(H,28,30). The molecule has 1 N–H and O–H groups in total. The summed E-state index contributed by atoms with van der Waals surface area (Å²) in [5.74, 6) is 1.30. The smallest absolute Gasteiger partial charge is 0.227 e. The maximum atomic E-state index is 12.2. The normalized spacial score (nSPS) is 11.1. The minimum absolute atomic E-state index is 0.131. The Morgan fingerprint density at radius 2 is 1.81 bits per heavy atom. The average molecular weight is 444 g/mol. The van der Waals surface area contributed by atoms with Crippen LogP contribution in [0.4, 0.5) is 5.69 Å². The van der Waals surface area contributed by atoms with Crippen molar-refractivity contribution in [1.82, 2.24) is 9.97 Å². The highest BCUT2D eigenvalue weighted by Crippen LogP contribution is 2.41. The number of amides is 1. The Kier molecular flexibility index (Phi) is 5.21. The van der Waals surface area contributed by atoms with Crippen LogP contribution in [0, 0.1) is 0 Å². The first-order chi connectivity index (χ1) is 15.6. The largest absolute Gasteiger partial charge is 0.452 e. The van der Waals surface area contributed by atoms with E-state index in [1.807, 2.05) is 36.4 Å². The van der Waals surface area contributed by atoms with E-state index < -0.39 is 0 Å².